The standard InChI is InChI=1S/C26H35N3O3S/c1-5-8-9-17-32-22-12-10-11-20(18-22)25(30)29(16-15-28(6-2)7-3)26-27-23-19-21(31-4)13-14-24(23)33-26/h10-14,18-19H,5-9,15-17H2,1-4H3. The molecule has 0 atom stereocenters. The molecule has 0 spiro atoms. The molecule has 178 valence electrons. The van der Waals surface area contributed by atoms with Gasteiger partial charge in [0.15, 0.2) is 5.13 Å². The summed E-state index contributed by atoms with van der Waals surface area (Å²) in [5, 5.41) is 0.699. The van der Waals surface area contributed by atoms with Crippen molar-refractivity contribution >= 4 is 32.6 Å². The van der Waals surface area contributed by atoms with Gasteiger partial charge in [0.1, 0.15) is 11.5 Å². The predicted molar refractivity (Wildman–Crippen MR) is 137 cm³/mol. The molecule has 2 aromatic carbocycles. The number of ether oxygens (including phenoxy) is 2. The van der Waals surface area contributed by atoms with Crippen LogP contribution in [-0.2, 0) is 0 Å². The molecule has 33 heavy (non-hydrogen) atoms. The Morgan fingerprint density at radius 3 is 2.55 bits per heavy atom. The van der Waals surface area contributed by atoms with Crippen molar-refractivity contribution in [3.63, 3.8) is 0 Å². The number of hydrogen-bond donors (Lipinski definition) is 0. The van der Waals surface area contributed by atoms with Gasteiger partial charge in [0.2, 0.25) is 0 Å². The lowest BCUT2D eigenvalue weighted by Crippen LogP contribution is -2.38. The zero-order chi connectivity index (χ0) is 23.6. The van der Waals surface area contributed by atoms with Crippen molar-refractivity contribution in [2.45, 2.75) is 40.0 Å². The summed E-state index contributed by atoms with van der Waals surface area (Å²) < 4.78 is 12.3. The second-order valence-corrected chi connectivity index (χ2v) is 8.91. The summed E-state index contributed by atoms with van der Waals surface area (Å²) in [5.41, 5.74) is 1.45. The summed E-state index contributed by atoms with van der Waals surface area (Å²) in [4.78, 5) is 22.5. The fourth-order valence-electron chi connectivity index (χ4n) is 3.62. The minimum Gasteiger partial charge on any atom is -0.497 e. The summed E-state index contributed by atoms with van der Waals surface area (Å²) in [7, 11) is 1.64. The molecule has 7 heteroatoms. The van der Waals surface area contributed by atoms with E-state index in [1.807, 2.05) is 42.5 Å². The number of anilines is 1. The number of amides is 1. The topological polar surface area (TPSA) is 54.9 Å². The Morgan fingerprint density at radius 1 is 1.00 bits per heavy atom. The van der Waals surface area contributed by atoms with Crippen molar-refractivity contribution in [2.75, 3.05) is 44.8 Å². The highest BCUT2D eigenvalue weighted by atomic mass is 32.1. The van der Waals surface area contributed by atoms with Gasteiger partial charge in [0, 0.05) is 24.7 Å². The lowest BCUT2D eigenvalue weighted by atomic mass is 10.2. The van der Waals surface area contributed by atoms with Crippen LogP contribution in [0.3, 0.4) is 0 Å². The van der Waals surface area contributed by atoms with Crippen LogP contribution in [0.2, 0.25) is 0 Å². The number of fused-ring (bicyclic) bond motifs is 1. The van der Waals surface area contributed by atoms with Crippen LogP contribution in [0, 0.1) is 0 Å². The van der Waals surface area contributed by atoms with Gasteiger partial charge >= 0.3 is 0 Å². The zero-order valence-corrected chi connectivity index (χ0v) is 21.0. The molecule has 6 nitrogen and oxygen atoms in total. The molecule has 1 amide bonds. The fourth-order valence-corrected chi connectivity index (χ4v) is 4.59. The molecule has 3 rings (SSSR count). The lowest BCUT2D eigenvalue weighted by Gasteiger charge is -2.25. The van der Waals surface area contributed by atoms with Crippen molar-refractivity contribution in [2.24, 2.45) is 0 Å². The minimum atomic E-state index is -0.0628. The molecule has 1 aromatic heterocycles. The average Bonchev–Trinajstić information content (AvgIpc) is 3.27. The second kappa shape index (κ2) is 12.6. The maximum atomic E-state index is 13.7. The van der Waals surface area contributed by atoms with Crippen molar-refractivity contribution in [3.8, 4) is 11.5 Å². The lowest BCUT2D eigenvalue weighted by molar-refractivity contribution is 0.0983. The zero-order valence-electron chi connectivity index (χ0n) is 20.2. The second-order valence-electron chi connectivity index (χ2n) is 7.90. The highest BCUT2D eigenvalue weighted by Gasteiger charge is 2.22. The number of unbranched alkanes of at least 4 members (excludes halogenated alkanes) is 2. The summed E-state index contributed by atoms with van der Waals surface area (Å²) in [6, 6.07) is 13.3. The van der Waals surface area contributed by atoms with E-state index in [1.54, 1.807) is 12.0 Å². The smallest absolute Gasteiger partial charge is 0.260 e. The molecule has 0 saturated carbocycles. The van der Waals surface area contributed by atoms with Crippen LogP contribution in [0.5, 0.6) is 11.5 Å². The van der Waals surface area contributed by atoms with Crippen molar-refractivity contribution in [1.29, 1.82) is 0 Å². The number of thiazole rings is 1. The Balaban J connectivity index is 1.87. The van der Waals surface area contributed by atoms with Gasteiger partial charge in [-0.1, -0.05) is 51.0 Å². The predicted octanol–water partition coefficient (Wildman–Crippen LogP) is 5.86. The van der Waals surface area contributed by atoms with E-state index in [0.29, 0.717) is 23.8 Å². The van der Waals surface area contributed by atoms with E-state index in [9.17, 15) is 4.79 Å². The number of likely N-dealkylation sites (N-methyl/N-ethyl adjacent to an activating group) is 1. The van der Waals surface area contributed by atoms with Gasteiger partial charge in [0.25, 0.3) is 5.91 Å². The van der Waals surface area contributed by atoms with E-state index in [4.69, 9.17) is 14.5 Å². The van der Waals surface area contributed by atoms with Crippen LogP contribution < -0.4 is 14.4 Å². The van der Waals surface area contributed by atoms with Crippen LogP contribution in [0.25, 0.3) is 10.2 Å². The van der Waals surface area contributed by atoms with E-state index in [-0.39, 0.29) is 5.91 Å². The van der Waals surface area contributed by atoms with Crippen LogP contribution >= 0.6 is 11.3 Å². The maximum absolute atomic E-state index is 13.7. The third-order valence-corrected chi connectivity index (χ3v) is 6.75. The van der Waals surface area contributed by atoms with E-state index in [0.717, 1.165) is 60.6 Å². The summed E-state index contributed by atoms with van der Waals surface area (Å²) in [5.74, 6) is 1.43. The van der Waals surface area contributed by atoms with Crippen LogP contribution in [0.4, 0.5) is 5.13 Å². The minimum absolute atomic E-state index is 0.0628. The molecule has 0 fully saturated rings. The Bertz CT molecular complexity index is 1030. The molecule has 0 saturated heterocycles. The van der Waals surface area contributed by atoms with Crippen LogP contribution in [0.15, 0.2) is 42.5 Å². The van der Waals surface area contributed by atoms with E-state index < -0.39 is 0 Å². The molecule has 0 N–H and O–H groups in total. The summed E-state index contributed by atoms with van der Waals surface area (Å²) in [6.45, 7) is 10.3. The maximum Gasteiger partial charge on any atom is 0.260 e. The molecule has 0 radical (unpaired) electrons. The Hall–Kier alpha value is -2.64. The molecular weight excluding hydrogens is 434 g/mol. The molecule has 0 aliphatic heterocycles. The number of carbonyl (C=O) groups is 1. The third kappa shape index (κ3) is 6.68. The molecule has 1 heterocycles. The third-order valence-electron chi connectivity index (χ3n) is 5.69. The van der Waals surface area contributed by atoms with Crippen molar-refractivity contribution in [1.82, 2.24) is 9.88 Å². The van der Waals surface area contributed by atoms with Crippen molar-refractivity contribution in [3.05, 3.63) is 48.0 Å². The number of hydrogen-bond acceptors (Lipinski definition) is 6. The number of carbonyl (C=O) groups excluding carboxylic acids is 1. The van der Waals surface area contributed by atoms with E-state index >= 15 is 0 Å². The first kappa shape index (κ1) is 25.0. The quantitative estimate of drug-likeness (QED) is 0.293. The monoisotopic (exact) mass is 469 g/mol. The molecule has 0 aliphatic carbocycles. The van der Waals surface area contributed by atoms with E-state index in [1.165, 1.54) is 11.3 Å². The first-order valence-corrected chi connectivity index (χ1v) is 12.6. The number of aromatic nitrogens is 1. The van der Waals surface area contributed by atoms with Crippen molar-refractivity contribution < 1.29 is 14.3 Å². The van der Waals surface area contributed by atoms with Gasteiger partial charge in [-0.2, -0.15) is 0 Å². The molecule has 0 aliphatic rings. The first-order valence-electron chi connectivity index (χ1n) is 11.8. The molecular formula is C26H35N3O3S. The first-order chi connectivity index (χ1) is 16.1. The van der Waals surface area contributed by atoms with Crippen LogP contribution in [0.1, 0.15) is 50.4 Å². The molecule has 0 unspecified atom stereocenters. The van der Waals surface area contributed by atoms with Gasteiger partial charge in [-0.3, -0.25) is 9.69 Å². The van der Waals surface area contributed by atoms with Gasteiger partial charge in [-0.05, 0) is 49.8 Å². The van der Waals surface area contributed by atoms with Gasteiger partial charge in [-0.25, -0.2) is 4.98 Å². The normalized spacial score (nSPS) is 11.2. The Morgan fingerprint density at radius 2 is 1.82 bits per heavy atom. The number of nitrogens with zero attached hydrogens (tertiary/aromatic N) is 3. The Kier molecular flexibility index (Phi) is 9.51. The number of rotatable bonds is 13. The SMILES string of the molecule is CCCCCOc1cccc(C(=O)N(CCN(CC)CC)c2nc3cc(OC)ccc3s2)c1. The fraction of sp³-hybridized carbons (Fsp3) is 0.462. The van der Waals surface area contributed by atoms with Gasteiger partial charge in [0.05, 0.1) is 23.9 Å². The average molecular weight is 470 g/mol. The van der Waals surface area contributed by atoms with E-state index in [2.05, 4.69) is 25.7 Å². The highest BCUT2D eigenvalue weighted by Crippen LogP contribution is 2.32. The molecule has 3 aromatic rings. The van der Waals surface area contributed by atoms with Gasteiger partial charge in [-0.15, -0.1) is 0 Å². The summed E-state index contributed by atoms with van der Waals surface area (Å²) in [6.07, 6.45) is 3.30. The van der Waals surface area contributed by atoms with Crippen LogP contribution in [-0.4, -0.2) is 55.7 Å². The van der Waals surface area contributed by atoms with Gasteiger partial charge < -0.3 is 14.4 Å². The Labute approximate surface area is 201 Å². The summed E-state index contributed by atoms with van der Waals surface area (Å²) >= 11 is 1.53. The number of benzene rings is 2. The molecule has 0 bridgehead atoms. The number of methoxy groups -OCH3 is 1. The largest absolute Gasteiger partial charge is 0.497 e. The highest BCUT2D eigenvalue weighted by molar-refractivity contribution is 7.22.